The number of fused-ring (bicyclic) bond motifs is 4. The van der Waals surface area contributed by atoms with Crippen LogP contribution in [0.5, 0.6) is 0 Å². The zero-order valence-electron chi connectivity index (χ0n) is 7.43. The van der Waals surface area contributed by atoms with Crippen LogP contribution in [0.15, 0.2) is 11.1 Å². The Morgan fingerprint density at radius 3 is 1.82 bits per heavy atom. The van der Waals surface area contributed by atoms with E-state index in [1.165, 1.54) is 19.3 Å². The first kappa shape index (κ1) is 6.28. The van der Waals surface area contributed by atoms with E-state index in [4.69, 9.17) is 0 Å². The largest absolute Gasteiger partial charge is 0.0639 e. The summed E-state index contributed by atoms with van der Waals surface area (Å²) in [7, 11) is 0. The highest BCUT2D eigenvalue weighted by Crippen LogP contribution is 2.61. The van der Waals surface area contributed by atoms with Crippen molar-refractivity contribution >= 4 is 0 Å². The van der Waals surface area contributed by atoms with E-state index in [1.807, 2.05) is 11.1 Å². The van der Waals surface area contributed by atoms with Crippen molar-refractivity contribution in [1.29, 1.82) is 0 Å². The second kappa shape index (κ2) is 1.73. The van der Waals surface area contributed by atoms with Gasteiger partial charge in [-0.2, -0.15) is 0 Å². The first-order valence-corrected chi connectivity index (χ1v) is 5.03. The molecular weight excluding hydrogens is 132 g/mol. The molecule has 0 N–H and O–H groups in total. The maximum atomic E-state index is 2.42. The first-order chi connectivity index (χ1) is 5.29. The highest BCUT2D eigenvalue weighted by atomic mass is 14.5. The van der Waals surface area contributed by atoms with E-state index in [0.717, 1.165) is 23.7 Å². The summed E-state index contributed by atoms with van der Waals surface area (Å²) in [6.45, 7) is 4.84. The lowest BCUT2D eigenvalue weighted by molar-refractivity contribution is 0.354. The number of hydrogen-bond acceptors (Lipinski definition) is 0. The molecule has 3 aliphatic carbocycles. The Morgan fingerprint density at radius 1 is 0.909 bits per heavy atom. The highest BCUT2D eigenvalue weighted by Gasteiger charge is 2.49. The lowest BCUT2D eigenvalue weighted by Crippen LogP contribution is -2.30. The van der Waals surface area contributed by atoms with Gasteiger partial charge in [-0.05, 0) is 42.9 Å². The van der Waals surface area contributed by atoms with Gasteiger partial charge in [-0.25, -0.2) is 0 Å². The second-order valence-corrected chi connectivity index (χ2v) is 4.69. The van der Waals surface area contributed by atoms with Gasteiger partial charge in [-0.15, -0.1) is 0 Å². The van der Waals surface area contributed by atoms with Crippen molar-refractivity contribution in [1.82, 2.24) is 0 Å². The monoisotopic (exact) mass is 148 g/mol. The van der Waals surface area contributed by atoms with Crippen molar-refractivity contribution in [2.24, 2.45) is 23.7 Å². The van der Waals surface area contributed by atoms with Gasteiger partial charge in [-0.1, -0.05) is 25.0 Å². The minimum Gasteiger partial charge on any atom is -0.0639 e. The Bertz CT molecular complexity index is 212. The number of hydrogen-bond donors (Lipinski definition) is 0. The highest BCUT2D eigenvalue weighted by molar-refractivity contribution is 5.41. The molecule has 0 aromatic rings. The van der Waals surface area contributed by atoms with Gasteiger partial charge in [0.1, 0.15) is 0 Å². The molecule has 0 aromatic carbocycles. The van der Waals surface area contributed by atoms with E-state index in [-0.39, 0.29) is 0 Å². The molecule has 0 heterocycles. The lowest BCUT2D eigenvalue weighted by atomic mass is 9.64. The zero-order valence-corrected chi connectivity index (χ0v) is 7.43. The molecule has 1 fully saturated rings. The van der Waals surface area contributed by atoms with Gasteiger partial charge >= 0.3 is 0 Å². The van der Waals surface area contributed by atoms with Gasteiger partial charge in [0.2, 0.25) is 0 Å². The van der Waals surface area contributed by atoms with Crippen molar-refractivity contribution in [2.75, 3.05) is 0 Å². The quantitative estimate of drug-likeness (QED) is 0.463. The van der Waals surface area contributed by atoms with Crippen LogP contribution in [0.3, 0.4) is 0 Å². The molecular formula is C11H16. The Balaban J connectivity index is 2.06. The summed E-state index contributed by atoms with van der Waals surface area (Å²) in [6.07, 6.45) is 4.56. The SMILES string of the molecule is C[C@@H]1C2=C([C@H]3CC[C@@H]2C3)[C@H]1C. The van der Waals surface area contributed by atoms with Crippen LogP contribution in [0.1, 0.15) is 33.1 Å². The Hall–Kier alpha value is -0.260. The van der Waals surface area contributed by atoms with E-state index in [1.54, 1.807) is 0 Å². The first-order valence-electron chi connectivity index (χ1n) is 5.03. The molecule has 0 aromatic heterocycles. The van der Waals surface area contributed by atoms with Crippen LogP contribution in [-0.4, -0.2) is 0 Å². The standard InChI is InChI=1S/C11H16/c1-6-7(2)11-9-4-3-8(5-9)10(6)11/h6-9H,3-5H2,1-2H3/t6-,7-,8-,9+/m0/s1. The Labute approximate surface area is 68.7 Å². The zero-order chi connectivity index (χ0) is 7.59. The molecule has 3 aliphatic rings. The van der Waals surface area contributed by atoms with E-state index in [9.17, 15) is 0 Å². The Kier molecular flexibility index (Phi) is 0.987. The van der Waals surface area contributed by atoms with Gasteiger partial charge in [0.05, 0.1) is 0 Å². The fourth-order valence-electron chi connectivity index (χ4n) is 3.73. The van der Waals surface area contributed by atoms with Crippen molar-refractivity contribution in [3.63, 3.8) is 0 Å². The van der Waals surface area contributed by atoms with Crippen LogP contribution in [0.4, 0.5) is 0 Å². The smallest absolute Gasteiger partial charge is 0.0163 e. The molecule has 1 saturated carbocycles. The summed E-state index contributed by atoms with van der Waals surface area (Å²) in [5, 5.41) is 0. The van der Waals surface area contributed by atoms with Gasteiger partial charge in [0.25, 0.3) is 0 Å². The summed E-state index contributed by atoms with van der Waals surface area (Å²) < 4.78 is 0. The maximum Gasteiger partial charge on any atom is -0.0163 e. The summed E-state index contributed by atoms with van der Waals surface area (Å²) >= 11 is 0. The molecule has 0 unspecified atom stereocenters. The fourth-order valence-corrected chi connectivity index (χ4v) is 3.73. The number of rotatable bonds is 0. The molecule has 0 spiro atoms. The summed E-state index contributed by atoms with van der Waals surface area (Å²) in [4.78, 5) is 0. The number of allylic oxidation sites excluding steroid dienone is 2. The molecule has 0 radical (unpaired) electrons. The molecule has 0 amide bonds. The van der Waals surface area contributed by atoms with Crippen LogP contribution in [0, 0.1) is 23.7 Å². The summed E-state index contributed by atoms with van der Waals surface area (Å²) in [5.41, 5.74) is 3.79. The van der Waals surface area contributed by atoms with Crippen LogP contribution in [0.2, 0.25) is 0 Å². The topological polar surface area (TPSA) is 0 Å². The predicted molar refractivity (Wildman–Crippen MR) is 46.2 cm³/mol. The maximum absolute atomic E-state index is 2.42. The van der Waals surface area contributed by atoms with Crippen molar-refractivity contribution in [2.45, 2.75) is 33.1 Å². The fraction of sp³-hybridized carbons (Fsp3) is 0.818. The van der Waals surface area contributed by atoms with E-state index in [2.05, 4.69) is 13.8 Å². The third-order valence-corrected chi connectivity index (χ3v) is 4.38. The molecule has 3 rings (SSSR count). The van der Waals surface area contributed by atoms with Gasteiger partial charge in [0, 0.05) is 0 Å². The van der Waals surface area contributed by atoms with Crippen LogP contribution < -0.4 is 0 Å². The normalized spacial score (nSPS) is 52.9. The van der Waals surface area contributed by atoms with Crippen molar-refractivity contribution in [3.8, 4) is 0 Å². The third kappa shape index (κ3) is 0.544. The van der Waals surface area contributed by atoms with Crippen LogP contribution in [-0.2, 0) is 0 Å². The van der Waals surface area contributed by atoms with Gasteiger partial charge < -0.3 is 0 Å². The second-order valence-electron chi connectivity index (χ2n) is 4.69. The van der Waals surface area contributed by atoms with E-state index >= 15 is 0 Å². The van der Waals surface area contributed by atoms with Gasteiger partial charge in [0.15, 0.2) is 0 Å². The third-order valence-electron chi connectivity index (χ3n) is 4.38. The molecule has 0 heteroatoms. The van der Waals surface area contributed by atoms with E-state index < -0.39 is 0 Å². The minimum absolute atomic E-state index is 0.945. The molecule has 0 aliphatic heterocycles. The lowest BCUT2D eigenvalue weighted by Gasteiger charge is -2.41. The molecule has 0 saturated heterocycles. The van der Waals surface area contributed by atoms with Gasteiger partial charge in [-0.3, -0.25) is 0 Å². The average molecular weight is 148 g/mol. The Morgan fingerprint density at radius 2 is 1.36 bits per heavy atom. The van der Waals surface area contributed by atoms with Crippen molar-refractivity contribution in [3.05, 3.63) is 11.1 Å². The molecule has 60 valence electrons. The molecule has 11 heavy (non-hydrogen) atoms. The van der Waals surface area contributed by atoms with Crippen LogP contribution in [0.25, 0.3) is 0 Å². The molecule has 4 atom stereocenters. The van der Waals surface area contributed by atoms with Crippen molar-refractivity contribution < 1.29 is 0 Å². The predicted octanol–water partition coefficient (Wildman–Crippen LogP) is 3.00. The summed E-state index contributed by atoms with van der Waals surface area (Å²) in [5.74, 6) is 3.97. The average Bonchev–Trinajstić information content (AvgIpc) is 2.58. The molecule has 0 nitrogen and oxygen atoms in total. The minimum atomic E-state index is 0.945. The van der Waals surface area contributed by atoms with E-state index in [0.29, 0.717) is 0 Å². The summed E-state index contributed by atoms with van der Waals surface area (Å²) in [6, 6.07) is 0. The molecule has 2 bridgehead atoms. The van der Waals surface area contributed by atoms with Crippen LogP contribution >= 0.6 is 0 Å².